The van der Waals surface area contributed by atoms with E-state index >= 15 is 0 Å². The van der Waals surface area contributed by atoms with Gasteiger partial charge in [0, 0.05) is 5.92 Å². The number of fused-ring (bicyclic) bond motifs is 4. The minimum atomic E-state index is -1.35. The first kappa shape index (κ1) is 24.7. The molecule has 192 valence electrons. The topological polar surface area (TPSA) is 122 Å². The van der Waals surface area contributed by atoms with Crippen LogP contribution in [0.25, 0.3) is 22.2 Å². The van der Waals surface area contributed by atoms with E-state index in [1.54, 1.807) is 24.3 Å². The van der Waals surface area contributed by atoms with Gasteiger partial charge in [-0.15, -0.1) is 5.10 Å². The summed E-state index contributed by atoms with van der Waals surface area (Å²) in [5, 5.41) is 10.1. The Kier molecular flexibility index (Phi) is 7.12. The van der Waals surface area contributed by atoms with Crippen molar-refractivity contribution < 1.29 is 28.7 Å². The molecular weight excluding hydrogens is 488 g/mol. The van der Waals surface area contributed by atoms with Gasteiger partial charge in [0.1, 0.15) is 30.3 Å². The molecule has 0 fully saturated rings. The summed E-state index contributed by atoms with van der Waals surface area (Å²) in [6.45, 7) is 3.46. The summed E-state index contributed by atoms with van der Waals surface area (Å²) < 4.78 is 10.6. The summed E-state index contributed by atoms with van der Waals surface area (Å²) in [5.41, 5.74) is 5.27. The second-order valence-electron chi connectivity index (χ2n) is 8.56. The van der Waals surface area contributed by atoms with E-state index in [0.717, 1.165) is 27.1 Å². The molecule has 5 rings (SSSR count). The molecular formula is C28H24N4O6. The minimum Gasteiger partial charge on any atom is -0.460 e. The number of rotatable bonds is 9. The van der Waals surface area contributed by atoms with Crippen molar-refractivity contribution in [1.82, 2.24) is 20.5 Å². The summed E-state index contributed by atoms with van der Waals surface area (Å²) in [7, 11) is 0. The predicted octanol–water partition coefficient (Wildman–Crippen LogP) is 3.41. The largest absolute Gasteiger partial charge is 0.460 e. The minimum absolute atomic E-state index is 0.0453. The average Bonchev–Trinajstić information content (AvgIpc) is 3.49. The first-order valence-electron chi connectivity index (χ1n) is 12.0. The maximum atomic E-state index is 12.7. The van der Waals surface area contributed by atoms with Gasteiger partial charge in [-0.1, -0.05) is 78.2 Å². The Balaban J connectivity index is 1.25. The lowest BCUT2D eigenvalue weighted by Crippen LogP contribution is -2.45. The van der Waals surface area contributed by atoms with Crippen LogP contribution >= 0.6 is 0 Å². The van der Waals surface area contributed by atoms with Crippen LogP contribution in [0.2, 0.25) is 0 Å². The van der Waals surface area contributed by atoms with Crippen LogP contribution in [0.5, 0.6) is 0 Å². The van der Waals surface area contributed by atoms with Gasteiger partial charge < -0.3 is 19.6 Å². The fourth-order valence-electron chi connectivity index (χ4n) is 4.43. The van der Waals surface area contributed by atoms with E-state index in [1.165, 1.54) is 6.08 Å². The van der Waals surface area contributed by atoms with Gasteiger partial charge in [0.2, 0.25) is 0 Å². The van der Waals surface area contributed by atoms with Crippen LogP contribution in [0.3, 0.4) is 0 Å². The van der Waals surface area contributed by atoms with Crippen LogP contribution in [0, 0.1) is 0 Å². The molecule has 1 amide bonds. The Morgan fingerprint density at radius 1 is 0.947 bits per heavy atom. The van der Waals surface area contributed by atoms with Crippen LogP contribution in [-0.2, 0) is 19.1 Å². The normalized spacial score (nSPS) is 12.7. The lowest BCUT2D eigenvalue weighted by atomic mass is 9.98. The Bertz CT molecular complexity index is 1470. The summed E-state index contributed by atoms with van der Waals surface area (Å²) in [6.07, 6.45) is -0.0114. The first-order valence-corrected chi connectivity index (χ1v) is 12.0. The Morgan fingerprint density at radius 2 is 1.61 bits per heavy atom. The maximum absolute atomic E-state index is 12.7. The molecule has 1 heterocycles. The maximum Gasteiger partial charge on any atom is 0.407 e. The molecule has 0 bridgehead atoms. The molecule has 3 aromatic carbocycles. The third kappa shape index (κ3) is 5.10. The summed E-state index contributed by atoms with van der Waals surface area (Å²) in [4.78, 5) is 44.2. The molecule has 1 N–H and O–H groups in total. The number of benzene rings is 3. The highest BCUT2D eigenvalue weighted by molar-refractivity contribution is 5.87. The number of carbonyl (C=O) groups excluding carboxylic acids is 3. The number of para-hydroxylation sites is 1. The van der Waals surface area contributed by atoms with Gasteiger partial charge in [-0.3, -0.25) is 0 Å². The number of hydrogen-bond donors (Lipinski definition) is 1. The van der Waals surface area contributed by atoms with Gasteiger partial charge >= 0.3 is 18.0 Å². The Hall–Kier alpha value is -4.99. The number of alkyl carbamates (subject to hydrolysis) is 1. The second kappa shape index (κ2) is 11.0. The van der Waals surface area contributed by atoms with Gasteiger partial charge in [-0.25, -0.2) is 14.4 Å². The number of amides is 1. The highest BCUT2D eigenvalue weighted by atomic mass is 16.7. The fraction of sp³-hybridized carbons (Fsp3) is 0.179. The molecule has 0 saturated heterocycles. The predicted molar refractivity (Wildman–Crippen MR) is 137 cm³/mol. The van der Waals surface area contributed by atoms with E-state index in [0.29, 0.717) is 11.0 Å². The molecule has 0 unspecified atom stereocenters. The van der Waals surface area contributed by atoms with Crippen LogP contribution < -0.4 is 10.2 Å². The molecule has 0 saturated carbocycles. The third-order valence-corrected chi connectivity index (χ3v) is 6.14. The van der Waals surface area contributed by atoms with Crippen LogP contribution in [0.15, 0.2) is 85.5 Å². The molecule has 1 aliphatic rings. The summed E-state index contributed by atoms with van der Waals surface area (Å²) in [6, 6.07) is 21.4. The average molecular weight is 513 g/mol. The van der Waals surface area contributed by atoms with Crippen molar-refractivity contribution in [3.63, 3.8) is 0 Å². The van der Waals surface area contributed by atoms with E-state index in [2.05, 4.69) is 22.2 Å². The quantitative estimate of drug-likeness (QED) is 0.206. The van der Waals surface area contributed by atoms with Crippen molar-refractivity contribution in [2.24, 2.45) is 0 Å². The zero-order chi connectivity index (χ0) is 26.5. The van der Waals surface area contributed by atoms with E-state index in [-0.39, 0.29) is 19.1 Å². The third-order valence-electron chi connectivity index (χ3n) is 6.14. The van der Waals surface area contributed by atoms with Crippen molar-refractivity contribution in [2.75, 3.05) is 13.2 Å². The van der Waals surface area contributed by atoms with E-state index in [9.17, 15) is 14.4 Å². The zero-order valence-electron chi connectivity index (χ0n) is 20.3. The first-order chi connectivity index (χ1) is 18.5. The van der Waals surface area contributed by atoms with Gasteiger partial charge in [0.05, 0.1) is 6.42 Å². The van der Waals surface area contributed by atoms with E-state index in [4.69, 9.17) is 14.3 Å². The lowest BCUT2D eigenvalue weighted by molar-refractivity contribution is -0.152. The summed E-state index contributed by atoms with van der Waals surface area (Å²) >= 11 is 0. The smallest absolute Gasteiger partial charge is 0.407 e. The number of carbonyl (C=O) groups is 3. The highest BCUT2D eigenvalue weighted by Gasteiger charge is 2.31. The van der Waals surface area contributed by atoms with Crippen molar-refractivity contribution in [1.29, 1.82) is 0 Å². The Labute approximate surface area is 217 Å². The SMILES string of the molecule is C=CCOC(=O)[C@H](CC(=O)On1nnc2ccccc21)NC(=O)OCC1c2ccccc2-c2ccccc21. The number of esters is 1. The molecule has 1 aliphatic carbocycles. The van der Waals surface area contributed by atoms with E-state index in [1.807, 2.05) is 48.5 Å². The molecule has 1 aromatic heterocycles. The zero-order valence-corrected chi connectivity index (χ0v) is 20.3. The lowest BCUT2D eigenvalue weighted by Gasteiger charge is -2.18. The molecule has 0 aliphatic heterocycles. The van der Waals surface area contributed by atoms with E-state index < -0.39 is 30.5 Å². The number of ether oxygens (including phenoxy) is 2. The molecule has 0 spiro atoms. The fourth-order valence-corrected chi connectivity index (χ4v) is 4.43. The molecule has 10 heteroatoms. The van der Waals surface area contributed by atoms with Crippen molar-refractivity contribution in [3.05, 3.63) is 96.6 Å². The van der Waals surface area contributed by atoms with Crippen molar-refractivity contribution in [3.8, 4) is 11.1 Å². The van der Waals surface area contributed by atoms with Gasteiger partial charge in [-0.05, 0) is 39.6 Å². The monoisotopic (exact) mass is 512 g/mol. The summed E-state index contributed by atoms with van der Waals surface area (Å²) in [5.74, 6) is -1.83. The van der Waals surface area contributed by atoms with Crippen LogP contribution in [0.4, 0.5) is 4.79 Å². The standard InChI is InChI=1S/C28H24N4O6/c1-2-15-36-27(34)24(16-26(33)38-32-25-14-8-7-13-23(25)30-31-32)29-28(35)37-17-22-20-11-5-3-9-18(20)19-10-4-6-12-21(19)22/h2-14,22,24H,1,15-17H2,(H,29,35)/t24-/m0/s1. The highest BCUT2D eigenvalue weighted by Crippen LogP contribution is 2.44. The van der Waals surface area contributed by atoms with Crippen molar-refractivity contribution >= 4 is 29.1 Å². The second-order valence-corrected chi connectivity index (χ2v) is 8.56. The van der Waals surface area contributed by atoms with Gasteiger partial charge in [0.25, 0.3) is 0 Å². The van der Waals surface area contributed by atoms with Crippen LogP contribution in [-0.4, -0.2) is 52.4 Å². The number of nitrogens with zero attached hydrogens (tertiary/aromatic N) is 3. The number of hydrogen-bond acceptors (Lipinski definition) is 8. The molecule has 1 atom stereocenters. The number of aromatic nitrogens is 3. The number of nitrogens with one attached hydrogen (secondary N) is 1. The van der Waals surface area contributed by atoms with Crippen LogP contribution in [0.1, 0.15) is 23.5 Å². The Morgan fingerprint density at radius 3 is 2.32 bits per heavy atom. The van der Waals surface area contributed by atoms with Gasteiger partial charge in [-0.2, -0.15) is 0 Å². The molecule has 10 nitrogen and oxygen atoms in total. The molecule has 38 heavy (non-hydrogen) atoms. The molecule has 4 aromatic rings. The van der Waals surface area contributed by atoms with Crippen molar-refractivity contribution in [2.45, 2.75) is 18.4 Å². The van der Waals surface area contributed by atoms with Gasteiger partial charge in [0.15, 0.2) is 0 Å². The molecule has 0 radical (unpaired) electrons.